The molecule has 2 nitrogen and oxygen atoms in total. The minimum atomic E-state index is 0.446. The van der Waals surface area contributed by atoms with Gasteiger partial charge in [-0.15, -0.1) is 0 Å². The third-order valence-corrected chi connectivity index (χ3v) is 4.19. The normalized spacial score (nSPS) is 24.6. The van der Waals surface area contributed by atoms with Crippen LogP contribution >= 0.6 is 27.5 Å². The van der Waals surface area contributed by atoms with Crippen molar-refractivity contribution >= 4 is 33.2 Å². The first-order valence-electron chi connectivity index (χ1n) is 5.93. The van der Waals surface area contributed by atoms with E-state index in [9.17, 15) is 0 Å². The quantitative estimate of drug-likeness (QED) is 0.887. The molecule has 0 spiro atoms. The Hall–Kier alpha value is -0.250. The topological polar surface area (TPSA) is 21.3 Å². The Labute approximate surface area is 116 Å². The lowest BCUT2D eigenvalue weighted by Gasteiger charge is -2.29. The van der Waals surface area contributed by atoms with Gasteiger partial charge in [-0.1, -0.05) is 11.6 Å². The average molecular weight is 319 g/mol. The Morgan fingerprint density at radius 3 is 2.59 bits per heavy atom. The summed E-state index contributed by atoms with van der Waals surface area (Å²) in [6.07, 6.45) is 5.04. The molecule has 1 saturated carbocycles. The fraction of sp³-hybridized carbons (Fsp3) is 0.538. The van der Waals surface area contributed by atoms with Crippen LogP contribution in [0.25, 0.3) is 0 Å². The summed E-state index contributed by atoms with van der Waals surface area (Å²) in [5, 5.41) is 4.32. The van der Waals surface area contributed by atoms with Crippen LogP contribution in [-0.2, 0) is 4.74 Å². The van der Waals surface area contributed by atoms with E-state index < -0.39 is 0 Å². The van der Waals surface area contributed by atoms with Crippen molar-refractivity contribution in [2.45, 2.75) is 37.8 Å². The summed E-state index contributed by atoms with van der Waals surface area (Å²) in [4.78, 5) is 0. The fourth-order valence-electron chi connectivity index (χ4n) is 2.27. The van der Waals surface area contributed by atoms with Crippen molar-refractivity contribution in [2.24, 2.45) is 0 Å². The summed E-state index contributed by atoms with van der Waals surface area (Å²) in [6, 6.07) is 6.40. The highest BCUT2D eigenvalue weighted by Gasteiger charge is 2.20. The zero-order valence-corrected chi connectivity index (χ0v) is 12.2. The van der Waals surface area contributed by atoms with E-state index in [-0.39, 0.29) is 0 Å². The molecule has 0 amide bonds. The Kier molecular flexibility index (Phi) is 4.71. The highest BCUT2D eigenvalue weighted by Crippen LogP contribution is 2.29. The van der Waals surface area contributed by atoms with Crippen LogP contribution in [0.15, 0.2) is 22.7 Å². The largest absolute Gasteiger partial charge is 0.381 e. The molecule has 0 bridgehead atoms. The monoisotopic (exact) mass is 317 g/mol. The van der Waals surface area contributed by atoms with Crippen molar-refractivity contribution in [3.05, 3.63) is 27.7 Å². The van der Waals surface area contributed by atoms with Crippen LogP contribution in [0.3, 0.4) is 0 Å². The van der Waals surface area contributed by atoms with Gasteiger partial charge in [0.2, 0.25) is 0 Å². The second-order valence-electron chi connectivity index (χ2n) is 4.48. The molecule has 0 unspecified atom stereocenters. The number of benzene rings is 1. The van der Waals surface area contributed by atoms with Crippen molar-refractivity contribution in [3.8, 4) is 0 Å². The van der Waals surface area contributed by atoms with Gasteiger partial charge in [0, 0.05) is 28.3 Å². The van der Waals surface area contributed by atoms with E-state index in [4.69, 9.17) is 16.3 Å². The summed E-state index contributed by atoms with van der Waals surface area (Å²) < 4.78 is 6.40. The number of hydrogen-bond acceptors (Lipinski definition) is 2. The Balaban J connectivity index is 1.93. The molecule has 94 valence electrons. The molecule has 1 aromatic carbocycles. The summed E-state index contributed by atoms with van der Waals surface area (Å²) in [5.41, 5.74) is 1.12. The molecular formula is C13H17BrClNO. The van der Waals surface area contributed by atoms with Crippen LogP contribution in [-0.4, -0.2) is 19.3 Å². The maximum absolute atomic E-state index is 5.92. The van der Waals surface area contributed by atoms with Gasteiger partial charge >= 0.3 is 0 Å². The number of halogens is 2. The lowest BCUT2D eigenvalue weighted by atomic mass is 9.93. The lowest BCUT2D eigenvalue weighted by molar-refractivity contribution is 0.0682. The van der Waals surface area contributed by atoms with E-state index in [1.165, 1.54) is 0 Å². The minimum Gasteiger partial charge on any atom is -0.381 e. The summed E-state index contributed by atoms with van der Waals surface area (Å²) in [5.74, 6) is 0. The second kappa shape index (κ2) is 6.07. The Morgan fingerprint density at radius 1 is 1.29 bits per heavy atom. The van der Waals surface area contributed by atoms with Crippen molar-refractivity contribution < 1.29 is 4.74 Å². The molecule has 1 aromatic rings. The SMILES string of the molecule is COC1CCC(Nc2ccc(Cl)cc2Br)CC1. The van der Waals surface area contributed by atoms with Gasteiger partial charge in [0.25, 0.3) is 0 Å². The van der Waals surface area contributed by atoms with E-state index >= 15 is 0 Å². The van der Waals surface area contributed by atoms with Gasteiger partial charge in [0.1, 0.15) is 0 Å². The molecule has 4 heteroatoms. The number of methoxy groups -OCH3 is 1. The first-order chi connectivity index (χ1) is 8.19. The van der Waals surface area contributed by atoms with Crippen LogP contribution in [0.2, 0.25) is 5.02 Å². The van der Waals surface area contributed by atoms with Gasteiger partial charge in [-0.2, -0.15) is 0 Å². The molecule has 1 aliphatic rings. The van der Waals surface area contributed by atoms with E-state index in [1.54, 1.807) is 7.11 Å². The molecule has 0 heterocycles. The number of rotatable bonds is 3. The predicted octanol–water partition coefficient (Wildman–Crippen LogP) is 4.47. The number of anilines is 1. The second-order valence-corrected chi connectivity index (χ2v) is 5.77. The number of ether oxygens (including phenoxy) is 1. The van der Waals surface area contributed by atoms with Gasteiger partial charge in [-0.05, 0) is 59.8 Å². The van der Waals surface area contributed by atoms with Crippen LogP contribution in [0.4, 0.5) is 5.69 Å². The Morgan fingerprint density at radius 2 is 2.00 bits per heavy atom. The summed E-state index contributed by atoms with van der Waals surface area (Å²) in [6.45, 7) is 0. The molecule has 1 N–H and O–H groups in total. The van der Waals surface area contributed by atoms with Crippen LogP contribution in [0, 0.1) is 0 Å². The van der Waals surface area contributed by atoms with Crippen LogP contribution in [0.5, 0.6) is 0 Å². The third kappa shape index (κ3) is 3.60. The average Bonchev–Trinajstić information content (AvgIpc) is 2.34. The van der Waals surface area contributed by atoms with Crippen molar-refractivity contribution in [1.29, 1.82) is 0 Å². The zero-order chi connectivity index (χ0) is 12.3. The smallest absolute Gasteiger partial charge is 0.0572 e. The Bertz CT molecular complexity index is 378. The lowest BCUT2D eigenvalue weighted by Crippen LogP contribution is -2.29. The summed E-state index contributed by atoms with van der Waals surface area (Å²) >= 11 is 9.45. The van der Waals surface area contributed by atoms with Gasteiger partial charge in [-0.25, -0.2) is 0 Å². The van der Waals surface area contributed by atoms with Crippen molar-refractivity contribution in [2.75, 3.05) is 12.4 Å². The number of hydrogen-bond donors (Lipinski definition) is 1. The third-order valence-electron chi connectivity index (χ3n) is 3.30. The highest BCUT2D eigenvalue weighted by atomic mass is 79.9. The van der Waals surface area contributed by atoms with E-state index in [2.05, 4.69) is 21.2 Å². The molecule has 1 aliphatic carbocycles. The predicted molar refractivity (Wildman–Crippen MR) is 75.8 cm³/mol. The molecular weight excluding hydrogens is 302 g/mol. The first-order valence-corrected chi connectivity index (χ1v) is 7.10. The van der Waals surface area contributed by atoms with E-state index in [1.807, 2.05) is 18.2 Å². The molecule has 0 aliphatic heterocycles. The van der Waals surface area contributed by atoms with Gasteiger partial charge in [0.15, 0.2) is 0 Å². The highest BCUT2D eigenvalue weighted by molar-refractivity contribution is 9.10. The molecule has 0 saturated heterocycles. The molecule has 0 atom stereocenters. The number of nitrogens with one attached hydrogen (secondary N) is 1. The van der Waals surface area contributed by atoms with Crippen LogP contribution in [0.1, 0.15) is 25.7 Å². The van der Waals surface area contributed by atoms with Gasteiger partial charge < -0.3 is 10.1 Å². The maximum atomic E-state index is 5.92. The zero-order valence-electron chi connectivity index (χ0n) is 9.88. The molecule has 17 heavy (non-hydrogen) atoms. The molecule has 0 aromatic heterocycles. The fourth-order valence-corrected chi connectivity index (χ4v) is 3.07. The van der Waals surface area contributed by atoms with Crippen molar-refractivity contribution in [1.82, 2.24) is 0 Å². The molecule has 0 radical (unpaired) electrons. The summed E-state index contributed by atoms with van der Waals surface area (Å²) in [7, 11) is 1.80. The molecule has 1 fully saturated rings. The van der Waals surface area contributed by atoms with Gasteiger partial charge in [-0.3, -0.25) is 0 Å². The standard InChI is InChI=1S/C13H17BrClNO/c1-17-11-5-3-10(4-6-11)16-13-7-2-9(15)8-12(13)14/h2,7-8,10-11,16H,3-6H2,1H3. The van der Waals surface area contributed by atoms with E-state index in [0.717, 1.165) is 40.9 Å². The van der Waals surface area contributed by atoms with E-state index in [0.29, 0.717) is 12.1 Å². The van der Waals surface area contributed by atoms with Gasteiger partial charge in [0.05, 0.1) is 6.10 Å². The molecule has 2 rings (SSSR count). The van der Waals surface area contributed by atoms with Crippen molar-refractivity contribution in [3.63, 3.8) is 0 Å². The minimum absolute atomic E-state index is 0.446. The maximum Gasteiger partial charge on any atom is 0.0572 e. The van der Waals surface area contributed by atoms with Crippen LogP contribution < -0.4 is 5.32 Å². The first kappa shape index (κ1) is 13.2.